The molecular weight excluding hydrogens is 325 g/mol. The molecule has 0 spiro atoms. The normalized spacial score (nSPS) is 15.1. The van der Waals surface area contributed by atoms with Crippen LogP contribution in [-0.2, 0) is 6.18 Å². The van der Waals surface area contributed by atoms with E-state index in [1.807, 2.05) is 0 Å². The van der Waals surface area contributed by atoms with Gasteiger partial charge < -0.3 is 13.9 Å². The van der Waals surface area contributed by atoms with Gasteiger partial charge in [0.15, 0.2) is 5.69 Å². The molecule has 3 aromatic rings. The van der Waals surface area contributed by atoms with E-state index in [2.05, 4.69) is 4.98 Å². The Morgan fingerprint density at radius 1 is 1.33 bits per heavy atom. The highest BCUT2D eigenvalue weighted by molar-refractivity contribution is 5.89. The second kappa shape index (κ2) is 4.86. The number of nitrogens with zero attached hydrogens (tertiary/aromatic N) is 2. The van der Waals surface area contributed by atoms with Crippen LogP contribution in [0.5, 0.6) is 0 Å². The number of pyridine rings is 1. The van der Waals surface area contributed by atoms with E-state index >= 15 is 0 Å². The largest absolute Gasteiger partial charge is 0.476 e. The fourth-order valence-electron chi connectivity index (χ4n) is 2.86. The number of aromatic carboxylic acids is 1. The predicted molar refractivity (Wildman–Crippen MR) is 76.8 cm³/mol. The van der Waals surface area contributed by atoms with E-state index in [9.17, 15) is 23.1 Å². The zero-order valence-corrected chi connectivity index (χ0v) is 12.2. The number of halogens is 3. The lowest BCUT2D eigenvalue weighted by atomic mass is 10.1. The average molecular weight is 336 g/mol. The highest BCUT2D eigenvalue weighted by Crippen LogP contribution is 2.44. The van der Waals surface area contributed by atoms with Crippen LogP contribution in [0.25, 0.3) is 16.8 Å². The lowest BCUT2D eigenvalue weighted by Crippen LogP contribution is -2.09. The molecule has 1 N–H and O–H groups in total. The fourth-order valence-corrected chi connectivity index (χ4v) is 2.86. The first-order valence-electron chi connectivity index (χ1n) is 7.25. The Hall–Kier alpha value is -2.77. The molecule has 8 heteroatoms. The van der Waals surface area contributed by atoms with E-state index in [-0.39, 0.29) is 17.3 Å². The number of alkyl halides is 3. The smallest absolute Gasteiger partial charge is 0.420 e. The lowest BCUT2D eigenvalue weighted by molar-refractivity contribution is -0.136. The third-order valence-corrected chi connectivity index (χ3v) is 4.08. The summed E-state index contributed by atoms with van der Waals surface area (Å²) in [4.78, 5) is 15.2. The minimum atomic E-state index is -4.65. The lowest BCUT2D eigenvalue weighted by Gasteiger charge is -2.11. The van der Waals surface area contributed by atoms with Crippen molar-refractivity contribution in [1.29, 1.82) is 0 Å². The molecule has 3 heterocycles. The van der Waals surface area contributed by atoms with Crippen molar-refractivity contribution in [2.45, 2.75) is 24.9 Å². The van der Waals surface area contributed by atoms with Gasteiger partial charge in [0.25, 0.3) is 0 Å². The van der Waals surface area contributed by atoms with Gasteiger partial charge in [0.2, 0.25) is 0 Å². The monoisotopic (exact) mass is 336 g/mol. The predicted octanol–water partition coefficient (Wildman–Crippen LogP) is 4.19. The summed E-state index contributed by atoms with van der Waals surface area (Å²) >= 11 is 0. The van der Waals surface area contributed by atoms with Crippen LogP contribution >= 0.6 is 0 Å². The van der Waals surface area contributed by atoms with Crippen LogP contribution in [0.1, 0.15) is 40.5 Å². The quantitative estimate of drug-likeness (QED) is 0.779. The summed E-state index contributed by atoms with van der Waals surface area (Å²) in [6.45, 7) is 0. The summed E-state index contributed by atoms with van der Waals surface area (Å²) in [6, 6.07) is 2.52. The van der Waals surface area contributed by atoms with Gasteiger partial charge in [-0.1, -0.05) is 0 Å². The van der Waals surface area contributed by atoms with Gasteiger partial charge in [-0.05, 0) is 25.0 Å². The number of carboxylic acid groups (broad SMARTS) is 1. The first-order chi connectivity index (χ1) is 11.4. The maximum atomic E-state index is 13.5. The number of furan rings is 1. The zero-order valence-electron chi connectivity index (χ0n) is 12.2. The topological polar surface area (TPSA) is 67.7 Å². The molecule has 1 fully saturated rings. The van der Waals surface area contributed by atoms with E-state index < -0.39 is 17.7 Å². The SMILES string of the molecule is O=C(O)c1nc2c(C(F)(F)F)cc(-c3ccoc3)cn2c1C1CC1. The van der Waals surface area contributed by atoms with E-state index in [0.717, 1.165) is 18.9 Å². The number of carboxylic acids is 1. The minimum absolute atomic E-state index is 0.0771. The van der Waals surface area contributed by atoms with Crippen LogP contribution in [0.3, 0.4) is 0 Å². The first kappa shape index (κ1) is 14.8. The van der Waals surface area contributed by atoms with Gasteiger partial charge >= 0.3 is 12.1 Å². The van der Waals surface area contributed by atoms with Gasteiger partial charge in [0.05, 0.1) is 23.8 Å². The Morgan fingerprint density at radius 2 is 2.08 bits per heavy atom. The average Bonchev–Trinajstić information content (AvgIpc) is 3.06. The molecule has 5 nitrogen and oxygen atoms in total. The zero-order chi connectivity index (χ0) is 17.1. The second-order valence-electron chi connectivity index (χ2n) is 5.77. The molecule has 0 saturated heterocycles. The van der Waals surface area contributed by atoms with Crippen molar-refractivity contribution < 1.29 is 27.5 Å². The van der Waals surface area contributed by atoms with E-state index in [0.29, 0.717) is 16.8 Å². The Bertz CT molecular complexity index is 938. The first-order valence-corrected chi connectivity index (χ1v) is 7.25. The number of aromatic nitrogens is 2. The number of carbonyl (C=O) groups is 1. The van der Waals surface area contributed by atoms with E-state index in [1.165, 1.54) is 23.1 Å². The van der Waals surface area contributed by atoms with Crippen LogP contribution in [0.4, 0.5) is 13.2 Å². The summed E-state index contributed by atoms with van der Waals surface area (Å²) in [5, 5.41) is 9.32. The Labute approximate surface area is 133 Å². The van der Waals surface area contributed by atoms with Crippen molar-refractivity contribution in [2.24, 2.45) is 0 Å². The van der Waals surface area contributed by atoms with Crippen LogP contribution in [0.15, 0.2) is 35.3 Å². The standard InChI is InChI=1S/C16H11F3N2O3/c17-16(18,19)11-5-10(9-3-4-24-7-9)6-21-13(8-1-2-8)12(15(22)23)20-14(11)21/h3-8H,1-2H2,(H,22,23). The number of imidazole rings is 1. The van der Waals surface area contributed by atoms with Gasteiger partial charge in [0.1, 0.15) is 5.65 Å². The van der Waals surface area contributed by atoms with Gasteiger partial charge in [-0.15, -0.1) is 0 Å². The van der Waals surface area contributed by atoms with Crippen molar-refractivity contribution in [2.75, 3.05) is 0 Å². The Kier molecular flexibility index (Phi) is 3.00. The third-order valence-electron chi connectivity index (χ3n) is 4.08. The molecule has 0 aromatic carbocycles. The maximum absolute atomic E-state index is 13.5. The van der Waals surface area contributed by atoms with Crippen molar-refractivity contribution in [3.63, 3.8) is 0 Å². The van der Waals surface area contributed by atoms with Crippen LogP contribution in [0.2, 0.25) is 0 Å². The third kappa shape index (κ3) is 2.26. The van der Waals surface area contributed by atoms with Crippen molar-refractivity contribution >= 4 is 11.6 Å². The van der Waals surface area contributed by atoms with E-state index in [1.54, 1.807) is 6.07 Å². The molecule has 24 heavy (non-hydrogen) atoms. The van der Waals surface area contributed by atoms with Gasteiger partial charge in [-0.2, -0.15) is 13.2 Å². The Morgan fingerprint density at radius 3 is 2.62 bits per heavy atom. The summed E-state index contributed by atoms with van der Waals surface area (Å²) in [7, 11) is 0. The molecule has 124 valence electrons. The summed E-state index contributed by atoms with van der Waals surface area (Å²) in [5.41, 5.74) is -0.556. The molecule has 1 saturated carbocycles. The molecule has 1 aliphatic carbocycles. The van der Waals surface area contributed by atoms with Gasteiger partial charge in [0, 0.05) is 23.2 Å². The summed E-state index contributed by atoms with van der Waals surface area (Å²) in [6.07, 6.45) is 1.03. The molecule has 4 rings (SSSR count). The Balaban J connectivity index is 2.08. The van der Waals surface area contributed by atoms with Crippen LogP contribution in [-0.4, -0.2) is 20.5 Å². The van der Waals surface area contributed by atoms with Crippen molar-refractivity contribution in [1.82, 2.24) is 9.38 Å². The summed E-state index contributed by atoms with van der Waals surface area (Å²) in [5.74, 6) is -1.40. The summed E-state index contributed by atoms with van der Waals surface area (Å²) < 4.78 is 46.6. The molecule has 3 aromatic heterocycles. The molecule has 0 atom stereocenters. The van der Waals surface area contributed by atoms with Crippen LogP contribution < -0.4 is 0 Å². The molecule has 0 unspecified atom stereocenters. The van der Waals surface area contributed by atoms with Gasteiger partial charge in [-0.25, -0.2) is 9.78 Å². The fraction of sp³-hybridized carbons (Fsp3) is 0.250. The molecule has 0 amide bonds. The number of hydrogen-bond acceptors (Lipinski definition) is 3. The number of fused-ring (bicyclic) bond motifs is 1. The molecular formula is C16H11F3N2O3. The van der Waals surface area contributed by atoms with Gasteiger partial charge in [-0.3, -0.25) is 0 Å². The van der Waals surface area contributed by atoms with Crippen LogP contribution in [0, 0.1) is 0 Å². The molecule has 0 bridgehead atoms. The minimum Gasteiger partial charge on any atom is -0.476 e. The second-order valence-corrected chi connectivity index (χ2v) is 5.77. The van der Waals surface area contributed by atoms with Crippen molar-refractivity contribution in [3.8, 4) is 11.1 Å². The molecule has 0 radical (unpaired) electrons. The number of hydrogen-bond donors (Lipinski definition) is 1. The maximum Gasteiger partial charge on any atom is 0.420 e. The van der Waals surface area contributed by atoms with E-state index in [4.69, 9.17) is 4.42 Å². The molecule has 0 aliphatic heterocycles. The molecule has 1 aliphatic rings. The highest BCUT2D eigenvalue weighted by Gasteiger charge is 2.39. The van der Waals surface area contributed by atoms with Crippen molar-refractivity contribution in [3.05, 3.63) is 47.8 Å². The highest BCUT2D eigenvalue weighted by atomic mass is 19.4. The number of rotatable bonds is 3.